The van der Waals surface area contributed by atoms with Gasteiger partial charge in [0.15, 0.2) is 5.78 Å². The highest BCUT2D eigenvalue weighted by molar-refractivity contribution is 6.03. The highest BCUT2D eigenvalue weighted by atomic mass is 16.5. The van der Waals surface area contributed by atoms with Crippen LogP contribution in [-0.2, 0) is 23.9 Å². The minimum atomic E-state index is -1.28. The number of aromatic nitrogens is 2. The smallest absolute Gasteiger partial charge is 0.309 e. The second kappa shape index (κ2) is 14.6. The SMILES string of the molecule is CC(C)C1=C2[C@H]3CC[C@@H]4[C@@]5(C)CC[C@H](OC(=O)[C@H]6C[C@@H](C(=O)O)C6(C)C)[C@H](C)[C@@H]5CC[C@@]4(C)[C@]3(C)CC[C@@]2(NC(=O)C(C)(C)NC(=O)c2cc(-c3ccccc3)n[nH]2)CC1=O. The lowest BCUT2D eigenvalue weighted by atomic mass is 9.34. The van der Waals surface area contributed by atoms with E-state index in [1.807, 2.05) is 44.2 Å². The summed E-state index contributed by atoms with van der Waals surface area (Å²) in [6.45, 7) is 21.1. The zero-order valence-electron chi connectivity index (χ0n) is 38.0. The molecule has 8 rings (SSSR count). The van der Waals surface area contributed by atoms with Crippen LogP contribution in [-0.4, -0.2) is 62.0 Å². The molecule has 0 radical (unpaired) electrons. The monoisotopic (exact) mass is 837 g/mol. The average Bonchev–Trinajstić information content (AvgIpc) is 3.79. The predicted molar refractivity (Wildman–Crippen MR) is 232 cm³/mol. The number of rotatable bonds is 9. The Hall–Kier alpha value is -4.28. The zero-order chi connectivity index (χ0) is 44.2. The number of benzene rings is 1. The second-order valence-corrected chi connectivity index (χ2v) is 22.3. The Kier molecular flexibility index (Phi) is 10.4. The van der Waals surface area contributed by atoms with E-state index in [4.69, 9.17) is 4.74 Å². The number of amides is 2. The van der Waals surface area contributed by atoms with Crippen molar-refractivity contribution in [1.29, 1.82) is 0 Å². The Labute approximate surface area is 361 Å². The van der Waals surface area contributed by atoms with Crippen LogP contribution in [0.3, 0.4) is 0 Å². The third-order valence-electron chi connectivity index (χ3n) is 18.3. The maximum atomic E-state index is 14.5. The molecular formula is C50H68N4O7. The maximum Gasteiger partial charge on any atom is 0.309 e. The normalized spacial score (nSPS) is 37.7. The molecule has 1 aromatic heterocycles. The summed E-state index contributed by atoms with van der Waals surface area (Å²) in [6.07, 6.45) is 7.75. The quantitative estimate of drug-likeness (QED) is 0.182. The molecule has 0 aliphatic heterocycles. The molecule has 5 saturated carbocycles. The molecule has 5 fully saturated rings. The summed E-state index contributed by atoms with van der Waals surface area (Å²) in [5.41, 5.74) is 1.01. The highest BCUT2D eigenvalue weighted by Gasteiger charge is 2.69. The van der Waals surface area contributed by atoms with Gasteiger partial charge in [0.2, 0.25) is 5.91 Å². The fourth-order valence-corrected chi connectivity index (χ4v) is 14.5. The number of nitrogens with one attached hydrogen (secondary N) is 3. The van der Waals surface area contributed by atoms with E-state index in [9.17, 15) is 29.1 Å². The van der Waals surface area contributed by atoms with Crippen molar-refractivity contribution in [2.45, 2.75) is 151 Å². The van der Waals surface area contributed by atoms with Crippen LogP contribution >= 0.6 is 0 Å². The van der Waals surface area contributed by atoms with E-state index < -0.39 is 40.2 Å². The Morgan fingerprint density at radius 2 is 1.62 bits per heavy atom. The van der Waals surface area contributed by atoms with Crippen LogP contribution in [0.15, 0.2) is 47.5 Å². The van der Waals surface area contributed by atoms with E-state index in [0.717, 1.165) is 61.7 Å². The van der Waals surface area contributed by atoms with E-state index in [2.05, 4.69) is 62.4 Å². The molecule has 0 unspecified atom stereocenters. The summed E-state index contributed by atoms with van der Waals surface area (Å²) in [4.78, 5) is 67.6. The Morgan fingerprint density at radius 1 is 0.918 bits per heavy atom. The van der Waals surface area contributed by atoms with E-state index >= 15 is 0 Å². The second-order valence-electron chi connectivity index (χ2n) is 22.3. The molecule has 1 heterocycles. The van der Waals surface area contributed by atoms with Crippen molar-refractivity contribution in [3.63, 3.8) is 0 Å². The number of H-pyrrole nitrogens is 1. The third kappa shape index (κ3) is 6.55. The number of esters is 1. The summed E-state index contributed by atoms with van der Waals surface area (Å²) in [5, 5.41) is 23.2. The van der Waals surface area contributed by atoms with Crippen molar-refractivity contribution in [2.75, 3.05) is 0 Å². The molecule has 2 amide bonds. The summed E-state index contributed by atoms with van der Waals surface area (Å²) in [7, 11) is 0. The fourth-order valence-electron chi connectivity index (χ4n) is 14.5. The van der Waals surface area contributed by atoms with Crippen molar-refractivity contribution >= 4 is 29.5 Å². The minimum absolute atomic E-state index is 0.00803. The van der Waals surface area contributed by atoms with Gasteiger partial charge in [-0.15, -0.1) is 0 Å². The first-order valence-corrected chi connectivity index (χ1v) is 23.0. The van der Waals surface area contributed by atoms with Crippen LogP contribution < -0.4 is 10.6 Å². The lowest BCUT2D eigenvalue weighted by Crippen LogP contribution is -2.67. The van der Waals surface area contributed by atoms with Crippen LogP contribution in [0.25, 0.3) is 11.3 Å². The molecule has 61 heavy (non-hydrogen) atoms. The number of carbonyl (C=O) groups excluding carboxylic acids is 4. The lowest BCUT2D eigenvalue weighted by molar-refractivity contribution is -0.217. The van der Waals surface area contributed by atoms with Gasteiger partial charge in [-0.05, 0) is 140 Å². The summed E-state index contributed by atoms with van der Waals surface area (Å²) < 4.78 is 6.32. The largest absolute Gasteiger partial charge is 0.481 e. The third-order valence-corrected chi connectivity index (χ3v) is 18.3. The Morgan fingerprint density at radius 3 is 2.28 bits per heavy atom. The van der Waals surface area contributed by atoms with Gasteiger partial charge < -0.3 is 20.5 Å². The first kappa shape index (κ1) is 43.4. The number of fused-ring (bicyclic) bond motifs is 7. The number of allylic oxidation sites excluding steroid dienone is 1. The molecule has 1 aromatic carbocycles. The number of carboxylic acids is 1. The number of nitrogens with zero attached hydrogens (tertiary/aromatic N) is 1. The van der Waals surface area contributed by atoms with Gasteiger partial charge in [0.25, 0.3) is 5.91 Å². The number of hydrogen-bond donors (Lipinski definition) is 4. The molecule has 2 aromatic rings. The van der Waals surface area contributed by atoms with Crippen LogP contribution in [0.2, 0.25) is 0 Å². The van der Waals surface area contributed by atoms with Crippen molar-refractivity contribution in [2.24, 2.45) is 63.1 Å². The van der Waals surface area contributed by atoms with E-state index in [-0.39, 0.29) is 69.9 Å². The van der Waals surface area contributed by atoms with Gasteiger partial charge in [-0.1, -0.05) is 85.7 Å². The summed E-state index contributed by atoms with van der Waals surface area (Å²) >= 11 is 0. The molecule has 6 aliphatic rings. The zero-order valence-corrected chi connectivity index (χ0v) is 38.0. The van der Waals surface area contributed by atoms with Crippen LogP contribution in [0.4, 0.5) is 0 Å². The number of Topliss-reactive ketones (excluding diaryl/α,β-unsaturated/α-hetero) is 1. The summed E-state index contributed by atoms with van der Waals surface area (Å²) in [6, 6.07) is 11.3. The number of ketones is 1. The number of aliphatic carboxylic acids is 1. The minimum Gasteiger partial charge on any atom is -0.481 e. The number of hydrogen-bond acceptors (Lipinski definition) is 7. The molecule has 0 bridgehead atoms. The molecule has 11 heteroatoms. The van der Waals surface area contributed by atoms with Crippen LogP contribution in [0.5, 0.6) is 0 Å². The Balaban J connectivity index is 1.01. The first-order chi connectivity index (χ1) is 28.5. The average molecular weight is 837 g/mol. The molecule has 11 atom stereocenters. The van der Waals surface area contributed by atoms with Gasteiger partial charge in [0.1, 0.15) is 17.3 Å². The lowest BCUT2D eigenvalue weighted by Gasteiger charge is -2.71. The van der Waals surface area contributed by atoms with E-state index in [1.165, 1.54) is 0 Å². The molecular weight excluding hydrogens is 769 g/mol. The fraction of sp³-hybridized carbons (Fsp3) is 0.680. The molecule has 6 aliphatic carbocycles. The van der Waals surface area contributed by atoms with Crippen molar-refractivity contribution < 1.29 is 33.8 Å². The van der Waals surface area contributed by atoms with Gasteiger partial charge in [-0.2, -0.15) is 5.10 Å². The highest BCUT2D eigenvalue weighted by Crippen LogP contribution is 2.75. The first-order valence-electron chi connectivity index (χ1n) is 23.0. The van der Waals surface area contributed by atoms with Crippen LogP contribution in [0, 0.1) is 63.1 Å². The van der Waals surface area contributed by atoms with E-state index in [0.29, 0.717) is 30.4 Å². The number of aromatic amines is 1. The van der Waals surface area contributed by atoms with Gasteiger partial charge in [-0.25, -0.2) is 0 Å². The topological polar surface area (TPSA) is 168 Å². The number of carbonyl (C=O) groups is 5. The molecule has 0 saturated heterocycles. The van der Waals surface area contributed by atoms with Gasteiger partial charge >= 0.3 is 11.9 Å². The standard InChI is InChI=1S/C50H68N4O7/c1-27(2)39-36(55)26-50(52-44(60)46(6,7)51-41(56)35-25-34(53-54-35)29-14-12-11-13-15-29)23-22-48(9)31(40(39)50)16-17-38-47(8)20-19-37(28(3)30(47)18-21-49(38,48)10)61-43(59)33-24-32(42(57)58)45(33,4)5/h11-15,25,27-28,30-33,37-38H,16-24,26H2,1-10H3,(H,51,56)(H,52,60)(H,53,54)(H,57,58)/t28-,30+,31-,32+,33-,37+,38-,47+,48-,49-,50-/m1/s1. The van der Waals surface area contributed by atoms with Crippen LogP contribution in [0.1, 0.15) is 144 Å². The maximum absolute atomic E-state index is 14.5. The van der Waals surface area contributed by atoms with Crippen molar-refractivity contribution in [3.8, 4) is 11.3 Å². The molecule has 330 valence electrons. The van der Waals surface area contributed by atoms with Gasteiger partial charge in [0, 0.05) is 12.0 Å². The molecule has 4 N–H and O–H groups in total. The van der Waals surface area contributed by atoms with Gasteiger partial charge in [-0.3, -0.25) is 29.1 Å². The Bertz CT molecular complexity index is 2170. The molecule has 11 nitrogen and oxygen atoms in total. The predicted octanol–water partition coefficient (Wildman–Crippen LogP) is 8.70. The van der Waals surface area contributed by atoms with Crippen molar-refractivity contribution in [1.82, 2.24) is 20.8 Å². The van der Waals surface area contributed by atoms with Gasteiger partial charge in [0.05, 0.1) is 23.1 Å². The van der Waals surface area contributed by atoms with E-state index in [1.54, 1.807) is 19.9 Å². The number of ether oxygens (including phenoxy) is 1. The van der Waals surface area contributed by atoms with Crippen molar-refractivity contribution in [3.05, 3.63) is 53.2 Å². The number of carboxylic acid groups (broad SMARTS) is 1. The summed E-state index contributed by atoms with van der Waals surface area (Å²) in [5.74, 6) is -1.47. The molecule has 0 spiro atoms.